The number of aromatic nitrogens is 2. The van der Waals surface area contributed by atoms with E-state index in [1.54, 1.807) is 6.20 Å². The molecule has 1 N–H and O–H groups in total. The second-order valence-electron chi connectivity index (χ2n) is 2.85. The summed E-state index contributed by atoms with van der Waals surface area (Å²) in [5.74, 6) is 0.853. The third-order valence-electron chi connectivity index (χ3n) is 1.85. The van der Waals surface area contributed by atoms with Crippen molar-refractivity contribution in [1.82, 2.24) is 9.55 Å². The summed E-state index contributed by atoms with van der Waals surface area (Å²) in [5.41, 5.74) is 1.05. The Kier molecular flexibility index (Phi) is 2.00. The molecule has 0 fully saturated rings. The van der Waals surface area contributed by atoms with E-state index in [4.69, 9.17) is 0 Å². The quantitative estimate of drug-likeness (QED) is 0.754. The van der Waals surface area contributed by atoms with Crippen molar-refractivity contribution >= 4 is 11.6 Å². The van der Waals surface area contributed by atoms with E-state index in [-0.39, 0.29) is 0 Å². The van der Waals surface area contributed by atoms with Gasteiger partial charge < -0.3 is 9.88 Å². The monoisotopic (exact) mass is 173 g/mol. The van der Waals surface area contributed by atoms with E-state index in [1.165, 1.54) is 0 Å². The van der Waals surface area contributed by atoms with Crippen LogP contribution in [0.1, 0.15) is 0 Å². The minimum atomic E-state index is 0.853. The lowest BCUT2D eigenvalue weighted by molar-refractivity contribution is 0.924. The van der Waals surface area contributed by atoms with Gasteiger partial charge in [0, 0.05) is 25.1 Å². The first-order valence-corrected chi connectivity index (χ1v) is 4.15. The molecule has 0 bridgehead atoms. The molecule has 0 aliphatic rings. The van der Waals surface area contributed by atoms with Crippen LogP contribution in [0.3, 0.4) is 0 Å². The summed E-state index contributed by atoms with van der Waals surface area (Å²) in [5, 5.41) is 3.20. The summed E-state index contributed by atoms with van der Waals surface area (Å²) >= 11 is 0. The highest BCUT2D eigenvalue weighted by atomic mass is 15.2. The second kappa shape index (κ2) is 3.31. The maximum absolute atomic E-state index is 4.16. The molecular weight excluding hydrogens is 162 g/mol. The number of nitrogens with one attached hydrogen (secondary N) is 1. The van der Waals surface area contributed by atoms with E-state index < -0.39 is 0 Å². The molecule has 0 aliphatic heterocycles. The Bertz CT molecular complexity index is 378. The minimum absolute atomic E-state index is 0.853. The van der Waals surface area contributed by atoms with Gasteiger partial charge in [-0.25, -0.2) is 4.98 Å². The van der Waals surface area contributed by atoms with E-state index >= 15 is 0 Å². The van der Waals surface area contributed by atoms with Gasteiger partial charge in [0.05, 0.1) is 0 Å². The maximum atomic E-state index is 4.16. The number of nitrogens with zero attached hydrogens (tertiary/aromatic N) is 2. The molecule has 0 unspecified atom stereocenters. The Labute approximate surface area is 77.0 Å². The molecule has 0 saturated heterocycles. The van der Waals surface area contributed by atoms with Gasteiger partial charge in [0.1, 0.15) is 0 Å². The Morgan fingerprint density at radius 3 is 2.62 bits per heavy atom. The highest BCUT2D eigenvalue weighted by Gasteiger charge is 1.97. The standard InChI is InChI=1S/C10H11N3/c1-13-8-7-11-10(13)12-9-5-3-2-4-6-9/h2-8H,1H3,(H,11,12). The third-order valence-corrected chi connectivity index (χ3v) is 1.85. The lowest BCUT2D eigenvalue weighted by Crippen LogP contribution is -1.97. The number of imidazole rings is 1. The average Bonchev–Trinajstić information content (AvgIpc) is 2.54. The molecule has 1 aromatic heterocycles. The SMILES string of the molecule is Cn1ccnc1Nc1ccccc1. The van der Waals surface area contributed by atoms with E-state index in [0.29, 0.717) is 0 Å². The van der Waals surface area contributed by atoms with Crippen molar-refractivity contribution in [3.63, 3.8) is 0 Å². The average molecular weight is 173 g/mol. The van der Waals surface area contributed by atoms with Gasteiger partial charge >= 0.3 is 0 Å². The first kappa shape index (κ1) is 7.86. The zero-order valence-corrected chi connectivity index (χ0v) is 7.44. The summed E-state index contributed by atoms with van der Waals surface area (Å²) < 4.78 is 1.94. The Morgan fingerprint density at radius 2 is 2.00 bits per heavy atom. The molecule has 1 heterocycles. The summed E-state index contributed by atoms with van der Waals surface area (Å²) in [6, 6.07) is 9.99. The molecule has 0 atom stereocenters. The van der Waals surface area contributed by atoms with Gasteiger partial charge in [-0.1, -0.05) is 18.2 Å². The van der Waals surface area contributed by atoms with Gasteiger partial charge in [0.2, 0.25) is 5.95 Å². The minimum Gasteiger partial charge on any atom is -0.326 e. The van der Waals surface area contributed by atoms with E-state index in [2.05, 4.69) is 10.3 Å². The van der Waals surface area contributed by atoms with Crippen molar-refractivity contribution in [3.05, 3.63) is 42.7 Å². The molecule has 0 amide bonds. The number of benzene rings is 1. The van der Waals surface area contributed by atoms with Gasteiger partial charge in [-0.3, -0.25) is 0 Å². The van der Waals surface area contributed by atoms with E-state index in [1.807, 2.05) is 48.1 Å². The summed E-state index contributed by atoms with van der Waals surface area (Å²) in [4.78, 5) is 4.16. The number of hydrogen-bond acceptors (Lipinski definition) is 2. The lowest BCUT2D eigenvalue weighted by Gasteiger charge is -2.04. The van der Waals surface area contributed by atoms with Crippen LogP contribution in [0, 0.1) is 0 Å². The van der Waals surface area contributed by atoms with Crippen LogP contribution in [0.4, 0.5) is 11.6 Å². The summed E-state index contributed by atoms with van der Waals surface area (Å²) in [6.45, 7) is 0. The Balaban J connectivity index is 2.20. The van der Waals surface area contributed by atoms with Gasteiger partial charge in [-0.05, 0) is 12.1 Å². The molecule has 3 nitrogen and oxygen atoms in total. The van der Waals surface area contributed by atoms with Crippen molar-refractivity contribution in [2.24, 2.45) is 7.05 Å². The number of para-hydroxylation sites is 1. The van der Waals surface area contributed by atoms with Crippen molar-refractivity contribution in [2.45, 2.75) is 0 Å². The largest absolute Gasteiger partial charge is 0.326 e. The van der Waals surface area contributed by atoms with Gasteiger partial charge in [0.15, 0.2) is 0 Å². The van der Waals surface area contributed by atoms with Crippen LogP contribution < -0.4 is 5.32 Å². The van der Waals surface area contributed by atoms with Crippen LogP contribution in [0.25, 0.3) is 0 Å². The topological polar surface area (TPSA) is 29.9 Å². The van der Waals surface area contributed by atoms with Crippen LogP contribution in [-0.4, -0.2) is 9.55 Å². The molecule has 3 heteroatoms. The maximum Gasteiger partial charge on any atom is 0.207 e. The van der Waals surface area contributed by atoms with Gasteiger partial charge in [0.25, 0.3) is 0 Å². The number of hydrogen-bond donors (Lipinski definition) is 1. The zero-order chi connectivity index (χ0) is 9.10. The first-order chi connectivity index (χ1) is 6.36. The molecule has 2 rings (SSSR count). The van der Waals surface area contributed by atoms with E-state index in [0.717, 1.165) is 11.6 Å². The van der Waals surface area contributed by atoms with Gasteiger partial charge in [-0.2, -0.15) is 0 Å². The summed E-state index contributed by atoms with van der Waals surface area (Å²) in [6.07, 6.45) is 3.68. The predicted octanol–water partition coefficient (Wildman–Crippen LogP) is 2.16. The fraction of sp³-hybridized carbons (Fsp3) is 0.100. The number of aryl methyl sites for hydroxylation is 1. The van der Waals surface area contributed by atoms with Crippen LogP contribution in [0.2, 0.25) is 0 Å². The Morgan fingerprint density at radius 1 is 1.23 bits per heavy atom. The summed E-state index contributed by atoms with van der Waals surface area (Å²) in [7, 11) is 1.96. The molecule has 0 spiro atoms. The van der Waals surface area contributed by atoms with Crippen LogP contribution in [-0.2, 0) is 7.05 Å². The second-order valence-corrected chi connectivity index (χ2v) is 2.85. The highest BCUT2D eigenvalue weighted by molar-refractivity contribution is 5.52. The molecule has 13 heavy (non-hydrogen) atoms. The lowest BCUT2D eigenvalue weighted by atomic mass is 10.3. The van der Waals surface area contributed by atoms with E-state index in [9.17, 15) is 0 Å². The van der Waals surface area contributed by atoms with Crippen molar-refractivity contribution in [3.8, 4) is 0 Å². The third kappa shape index (κ3) is 1.69. The van der Waals surface area contributed by atoms with Crippen molar-refractivity contribution in [2.75, 3.05) is 5.32 Å². The fourth-order valence-corrected chi connectivity index (χ4v) is 1.14. The van der Waals surface area contributed by atoms with Crippen LogP contribution in [0.15, 0.2) is 42.7 Å². The fourth-order valence-electron chi connectivity index (χ4n) is 1.14. The molecule has 66 valence electrons. The molecule has 0 saturated carbocycles. The number of anilines is 2. The van der Waals surface area contributed by atoms with Gasteiger partial charge in [-0.15, -0.1) is 0 Å². The van der Waals surface area contributed by atoms with Crippen molar-refractivity contribution in [1.29, 1.82) is 0 Å². The number of rotatable bonds is 2. The van der Waals surface area contributed by atoms with Crippen molar-refractivity contribution < 1.29 is 0 Å². The van der Waals surface area contributed by atoms with Crippen LogP contribution >= 0.6 is 0 Å². The zero-order valence-electron chi connectivity index (χ0n) is 7.44. The molecular formula is C10H11N3. The molecule has 1 aromatic carbocycles. The normalized spacial score (nSPS) is 9.92. The van der Waals surface area contributed by atoms with Crippen LogP contribution in [0.5, 0.6) is 0 Å². The predicted molar refractivity (Wildman–Crippen MR) is 52.9 cm³/mol. The molecule has 0 aliphatic carbocycles. The Hall–Kier alpha value is -1.77. The molecule has 0 radical (unpaired) electrons. The molecule has 2 aromatic rings. The smallest absolute Gasteiger partial charge is 0.207 e. The highest BCUT2D eigenvalue weighted by Crippen LogP contribution is 2.12. The first-order valence-electron chi connectivity index (χ1n) is 4.15.